The van der Waals surface area contributed by atoms with Gasteiger partial charge in [-0.15, -0.1) is 0 Å². The summed E-state index contributed by atoms with van der Waals surface area (Å²) < 4.78 is 11.0. The molecule has 1 aliphatic rings. The second kappa shape index (κ2) is 10.1. The summed E-state index contributed by atoms with van der Waals surface area (Å²) in [7, 11) is 1.57. The highest BCUT2D eigenvalue weighted by molar-refractivity contribution is 6.51. The molecule has 1 saturated heterocycles. The normalized spacial score (nSPS) is 17.2. The van der Waals surface area contributed by atoms with Crippen molar-refractivity contribution in [3.63, 3.8) is 0 Å². The van der Waals surface area contributed by atoms with Gasteiger partial charge in [0.25, 0.3) is 11.7 Å². The van der Waals surface area contributed by atoms with Crippen molar-refractivity contribution in [2.75, 3.05) is 18.6 Å². The molecule has 1 fully saturated rings. The number of nitrogens with zero attached hydrogens (tertiary/aromatic N) is 1. The smallest absolute Gasteiger partial charge is 0.300 e. The molecule has 0 aromatic heterocycles. The van der Waals surface area contributed by atoms with E-state index in [9.17, 15) is 14.7 Å². The summed E-state index contributed by atoms with van der Waals surface area (Å²) in [5.41, 5.74) is 2.77. The predicted octanol–water partition coefficient (Wildman–Crippen LogP) is 5.66. The molecule has 3 aromatic carbocycles. The summed E-state index contributed by atoms with van der Waals surface area (Å²) in [4.78, 5) is 27.9. The number of hydrogen-bond acceptors (Lipinski definition) is 5. The largest absolute Gasteiger partial charge is 0.507 e. The minimum absolute atomic E-state index is 0.0385. The molecule has 6 nitrogen and oxygen atoms in total. The zero-order valence-electron chi connectivity index (χ0n) is 20.3. The number of anilines is 1. The molecule has 1 unspecified atom stereocenters. The molecule has 3 aromatic rings. The fourth-order valence-electron chi connectivity index (χ4n) is 4.03. The Labute approximate surface area is 205 Å². The number of methoxy groups -OCH3 is 1. The van der Waals surface area contributed by atoms with Crippen LogP contribution in [0.5, 0.6) is 11.5 Å². The second-order valence-electron chi connectivity index (χ2n) is 9.01. The number of aliphatic hydroxyl groups excluding tert-OH is 1. The molecular formula is C29H29NO5. The lowest BCUT2D eigenvalue weighted by Gasteiger charge is -2.25. The van der Waals surface area contributed by atoms with E-state index in [0.29, 0.717) is 40.8 Å². The van der Waals surface area contributed by atoms with Gasteiger partial charge in [0, 0.05) is 11.3 Å². The highest BCUT2D eigenvalue weighted by Gasteiger charge is 2.46. The number of benzene rings is 3. The van der Waals surface area contributed by atoms with Crippen molar-refractivity contribution in [2.45, 2.75) is 26.8 Å². The molecule has 0 spiro atoms. The van der Waals surface area contributed by atoms with Crippen LogP contribution in [0.15, 0.2) is 78.4 Å². The Morgan fingerprint density at radius 2 is 1.51 bits per heavy atom. The maximum Gasteiger partial charge on any atom is 0.300 e. The molecule has 0 aliphatic carbocycles. The summed E-state index contributed by atoms with van der Waals surface area (Å²) in [6.07, 6.45) is 0. The molecule has 0 bridgehead atoms. The SMILES string of the molecule is COc1ccc(C2/C(=C(\O)c3ccc(OCC(C)C)cc3)C(=O)C(=O)N2c2ccc(C)cc2)cc1. The number of carbonyl (C=O) groups excluding carboxylic acids is 2. The highest BCUT2D eigenvalue weighted by atomic mass is 16.5. The maximum absolute atomic E-state index is 13.3. The average Bonchev–Trinajstić information content (AvgIpc) is 3.13. The molecule has 0 saturated carbocycles. The number of aryl methyl sites for hydroxylation is 1. The maximum atomic E-state index is 13.3. The Hall–Kier alpha value is -4.06. The molecule has 180 valence electrons. The van der Waals surface area contributed by atoms with Crippen molar-refractivity contribution < 1.29 is 24.2 Å². The van der Waals surface area contributed by atoms with Crippen LogP contribution >= 0.6 is 0 Å². The van der Waals surface area contributed by atoms with Crippen LogP contribution in [0.25, 0.3) is 5.76 Å². The summed E-state index contributed by atoms with van der Waals surface area (Å²) in [6, 6.07) is 20.6. The quantitative estimate of drug-likeness (QED) is 0.273. The van der Waals surface area contributed by atoms with Crippen LogP contribution in [0.1, 0.15) is 36.6 Å². The summed E-state index contributed by atoms with van der Waals surface area (Å²) >= 11 is 0. The van der Waals surface area contributed by atoms with Crippen LogP contribution in [-0.2, 0) is 9.59 Å². The Bertz CT molecular complexity index is 1240. The number of Topliss-reactive ketones (excluding diaryl/α,β-unsaturated/α-hetero) is 1. The molecule has 1 heterocycles. The fraction of sp³-hybridized carbons (Fsp3) is 0.241. The molecule has 35 heavy (non-hydrogen) atoms. The Morgan fingerprint density at radius 1 is 0.914 bits per heavy atom. The van der Waals surface area contributed by atoms with Gasteiger partial charge < -0.3 is 14.6 Å². The molecule has 4 rings (SSSR count). The van der Waals surface area contributed by atoms with E-state index in [-0.39, 0.29) is 11.3 Å². The van der Waals surface area contributed by atoms with Gasteiger partial charge in [-0.25, -0.2) is 0 Å². The van der Waals surface area contributed by atoms with Crippen molar-refractivity contribution in [2.24, 2.45) is 5.92 Å². The Kier molecular flexibility index (Phi) is 6.92. The van der Waals surface area contributed by atoms with Crippen LogP contribution in [0.4, 0.5) is 5.69 Å². The monoisotopic (exact) mass is 471 g/mol. The third kappa shape index (κ3) is 4.92. The number of carbonyl (C=O) groups is 2. The fourth-order valence-corrected chi connectivity index (χ4v) is 4.03. The van der Waals surface area contributed by atoms with Crippen LogP contribution in [0.3, 0.4) is 0 Å². The minimum Gasteiger partial charge on any atom is -0.507 e. The number of hydrogen-bond donors (Lipinski definition) is 1. The number of ether oxygens (including phenoxy) is 2. The van der Waals surface area contributed by atoms with Gasteiger partial charge in [-0.3, -0.25) is 14.5 Å². The molecule has 1 amide bonds. The zero-order chi connectivity index (χ0) is 25.1. The lowest BCUT2D eigenvalue weighted by molar-refractivity contribution is -0.132. The second-order valence-corrected chi connectivity index (χ2v) is 9.01. The number of ketones is 1. The van der Waals surface area contributed by atoms with Crippen LogP contribution in [-0.4, -0.2) is 30.5 Å². The van der Waals surface area contributed by atoms with Gasteiger partial charge >= 0.3 is 0 Å². The van der Waals surface area contributed by atoms with Gasteiger partial charge in [0.2, 0.25) is 0 Å². The van der Waals surface area contributed by atoms with Crippen molar-refractivity contribution >= 4 is 23.1 Å². The van der Waals surface area contributed by atoms with Gasteiger partial charge in [-0.1, -0.05) is 43.7 Å². The van der Waals surface area contributed by atoms with E-state index in [1.54, 1.807) is 67.8 Å². The van der Waals surface area contributed by atoms with Crippen molar-refractivity contribution in [1.29, 1.82) is 0 Å². The van der Waals surface area contributed by atoms with Gasteiger partial charge in [0.15, 0.2) is 0 Å². The van der Waals surface area contributed by atoms with Crippen LogP contribution < -0.4 is 14.4 Å². The van der Waals surface area contributed by atoms with E-state index in [2.05, 4.69) is 13.8 Å². The lowest BCUT2D eigenvalue weighted by Crippen LogP contribution is -2.29. The zero-order valence-corrected chi connectivity index (χ0v) is 20.3. The molecule has 0 radical (unpaired) electrons. The topological polar surface area (TPSA) is 76.1 Å². The molecule has 1 atom stereocenters. The van der Waals surface area contributed by atoms with E-state index < -0.39 is 17.7 Å². The van der Waals surface area contributed by atoms with Gasteiger partial charge in [0.05, 0.1) is 25.3 Å². The molecular weight excluding hydrogens is 442 g/mol. The van der Waals surface area contributed by atoms with Crippen molar-refractivity contribution in [3.8, 4) is 11.5 Å². The lowest BCUT2D eigenvalue weighted by atomic mass is 9.95. The molecule has 6 heteroatoms. The van der Waals surface area contributed by atoms with Crippen LogP contribution in [0.2, 0.25) is 0 Å². The minimum atomic E-state index is -0.791. The standard InChI is InChI=1S/C29H29NO5/c1-18(2)17-35-24-15-9-21(10-16-24)27(31)25-26(20-7-13-23(34-4)14-8-20)30(29(33)28(25)32)22-11-5-19(3)6-12-22/h5-16,18,26,31H,17H2,1-4H3/b27-25+. The molecule has 1 aliphatic heterocycles. The predicted molar refractivity (Wildman–Crippen MR) is 136 cm³/mol. The highest BCUT2D eigenvalue weighted by Crippen LogP contribution is 2.42. The number of rotatable bonds is 7. The first-order valence-electron chi connectivity index (χ1n) is 11.5. The first-order valence-corrected chi connectivity index (χ1v) is 11.5. The number of amides is 1. The van der Waals surface area contributed by atoms with Crippen molar-refractivity contribution in [3.05, 3.63) is 95.1 Å². The van der Waals surface area contributed by atoms with Crippen LogP contribution in [0, 0.1) is 12.8 Å². The average molecular weight is 472 g/mol. The summed E-state index contributed by atoms with van der Waals surface area (Å²) in [5.74, 6) is 0.0525. The summed E-state index contributed by atoms with van der Waals surface area (Å²) in [6.45, 7) is 6.65. The van der Waals surface area contributed by atoms with E-state index in [1.165, 1.54) is 4.90 Å². The third-order valence-corrected chi connectivity index (χ3v) is 5.90. The van der Waals surface area contributed by atoms with Gasteiger partial charge in [0.1, 0.15) is 17.3 Å². The van der Waals surface area contributed by atoms with E-state index in [0.717, 1.165) is 5.56 Å². The van der Waals surface area contributed by atoms with E-state index in [1.807, 2.05) is 19.1 Å². The molecule has 1 N–H and O–H groups in total. The third-order valence-electron chi connectivity index (χ3n) is 5.90. The first-order chi connectivity index (χ1) is 16.8. The first kappa shape index (κ1) is 24.1. The van der Waals surface area contributed by atoms with Gasteiger partial charge in [-0.2, -0.15) is 0 Å². The van der Waals surface area contributed by atoms with Crippen molar-refractivity contribution in [1.82, 2.24) is 0 Å². The van der Waals surface area contributed by atoms with E-state index >= 15 is 0 Å². The Balaban J connectivity index is 1.81. The van der Waals surface area contributed by atoms with Gasteiger partial charge in [-0.05, 0) is 66.9 Å². The summed E-state index contributed by atoms with van der Waals surface area (Å²) in [5, 5.41) is 11.3. The Morgan fingerprint density at radius 3 is 2.09 bits per heavy atom. The van der Waals surface area contributed by atoms with E-state index in [4.69, 9.17) is 9.47 Å². The number of aliphatic hydroxyl groups is 1.